The highest BCUT2D eigenvalue weighted by molar-refractivity contribution is 7.99. The molecule has 1 heterocycles. The maximum atomic E-state index is 5.92. The molecule has 6 heteroatoms. The molecule has 0 aliphatic carbocycles. The van der Waals surface area contributed by atoms with E-state index in [0.29, 0.717) is 5.69 Å². The minimum absolute atomic E-state index is 0.266. The predicted molar refractivity (Wildman–Crippen MR) is 74.7 cm³/mol. The van der Waals surface area contributed by atoms with Crippen LogP contribution in [-0.2, 0) is 0 Å². The zero-order valence-corrected chi connectivity index (χ0v) is 12.1. The summed E-state index contributed by atoms with van der Waals surface area (Å²) in [6.45, 7) is 9.32. The quantitative estimate of drug-likeness (QED) is 0.491. The summed E-state index contributed by atoms with van der Waals surface area (Å²) in [6, 6.07) is 0. The lowest BCUT2D eigenvalue weighted by molar-refractivity contribution is 0.324. The Balaban J connectivity index is 2.57. The number of anilines is 1. The van der Waals surface area contributed by atoms with Gasteiger partial charge in [-0.05, 0) is 31.6 Å². The number of nitrogen functional groups attached to an aromatic ring is 1. The van der Waals surface area contributed by atoms with E-state index in [1.165, 1.54) is 0 Å². The molecule has 1 aromatic rings. The van der Waals surface area contributed by atoms with Gasteiger partial charge in [0.2, 0.25) is 5.28 Å². The highest BCUT2D eigenvalue weighted by atomic mass is 35.5. The van der Waals surface area contributed by atoms with Gasteiger partial charge in [0.05, 0.1) is 11.4 Å². The first-order valence-electron chi connectivity index (χ1n) is 5.73. The molecule has 96 valence electrons. The molecule has 0 aliphatic heterocycles. The van der Waals surface area contributed by atoms with Gasteiger partial charge in [-0.25, -0.2) is 9.97 Å². The molecule has 0 bridgehead atoms. The van der Waals surface area contributed by atoms with Crippen molar-refractivity contribution in [2.45, 2.75) is 25.8 Å². The number of nitrogens with zero attached hydrogens (tertiary/aromatic N) is 3. The van der Waals surface area contributed by atoms with Crippen LogP contribution in [0.15, 0.2) is 5.03 Å². The van der Waals surface area contributed by atoms with E-state index in [0.717, 1.165) is 36.1 Å². The van der Waals surface area contributed by atoms with Crippen LogP contribution in [0.2, 0.25) is 5.28 Å². The van der Waals surface area contributed by atoms with Crippen molar-refractivity contribution in [1.82, 2.24) is 14.9 Å². The largest absolute Gasteiger partial charge is 0.395 e. The van der Waals surface area contributed by atoms with E-state index in [-0.39, 0.29) is 5.28 Å². The van der Waals surface area contributed by atoms with Crippen LogP contribution < -0.4 is 5.73 Å². The number of halogens is 1. The number of nitrogens with two attached hydrogens (primary N) is 1. The molecule has 0 saturated heterocycles. The van der Waals surface area contributed by atoms with Gasteiger partial charge in [0.15, 0.2) is 0 Å². The highest BCUT2D eigenvalue weighted by Gasteiger charge is 2.08. The van der Waals surface area contributed by atoms with Gasteiger partial charge in [-0.2, -0.15) is 0 Å². The number of hydrogen-bond acceptors (Lipinski definition) is 5. The third-order valence-electron chi connectivity index (χ3n) is 2.61. The summed E-state index contributed by atoms with van der Waals surface area (Å²) in [4.78, 5) is 10.5. The smallest absolute Gasteiger partial charge is 0.223 e. The second-order valence-electron chi connectivity index (χ2n) is 3.67. The van der Waals surface area contributed by atoms with Gasteiger partial charge >= 0.3 is 0 Å². The molecule has 0 unspecified atom stereocenters. The summed E-state index contributed by atoms with van der Waals surface area (Å²) in [5.74, 6) is 0.957. The topological polar surface area (TPSA) is 55.0 Å². The maximum absolute atomic E-state index is 5.92. The van der Waals surface area contributed by atoms with Gasteiger partial charge in [0, 0.05) is 12.3 Å². The Morgan fingerprint density at radius 1 is 1.29 bits per heavy atom. The Morgan fingerprint density at radius 2 is 1.94 bits per heavy atom. The molecule has 0 spiro atoms. The first-order valence-corrected chi connectivity index (χ1v) is 7.09. The van der Waals surface area contributed by atoms with Crippen molar-refractivity contribution < 1.29 is 0 Å². The van der Waals surface area contributed by atoms with Crippen LogP contribution >= 0.6 is 23.4 Å². The van der Waals surface area contributed by atoms with E-state index >= 15 is 0 Å². The standard InChI is InChI=1S/C11H19ClN4S/c1-4-16(5-2)6-7-17-10-9(13)8(3)14-11(12)15-10/h4-7,13H2,1-3H3. The molecule has 1 rings (SSSR count). The fourth-order valence-corrected chi connectivity index (χ4v) is 2.70. The van der Waals surface area contributed by atoms with Crippen molar-refractivity contribution in [2.24, 2.45) is 0 Å². The van der Waals surface area contributed by atoms with Gasteiger partial charge in [0.1, 0.15) is 5.03 Å². The van der Waals surface area contributed by atoms with E-state index in [1.807, 2.05) is 6.92 Å². The first kappa shape index (κ1) is 14.5. The third-order valence-corrected chi connectivity index (χ3v) is 3.76. The average molecular weight is 275 g/mol. The second kappa shape index (κ2) is 7.03. The minimum Gasteiger partial charge on any atom is -0.395 e. The van der Waals surface area contributed by atoms with Gasteiger partial charge in [-0.1, -0.05) is 13.8 Å². The molecule has 0 saturated carbocycles. The molecule has 0 radical (unpaired) electrons. The molecule has 0 amide bonds. The molecular formula is C11H19ClN4S. The Bertz CT molecular complexity index is 369. The summed E-state index contributed by atoms with van der Waals surface area (Å²) < 4.78 is 0. The Kier molecular flexibility index (Phi) is 6.02. The van der Waals surface area contributed by atoms with Crippen LogP contribution in [0.4, 0.5) is 5.69 Å². The maximum Gasteiger partial charge on any atom is 0.223 e. The normalized spacial score (nSPS) is 11.1. The van der Waals surface area contributed by atoms with Crippen LogP contribution in [0.3, 0.4) is 0 Å². The van der Waals surface area contributed by atoms with Crippen molar-refractivity contribution >= 4 is 29.1 Å². The van der Waals surface area contributed by atoms with Crippen molar-refractivity contribution in [3.05, 3.63) is 11.0 Å². The van der Waals surface area contributed by atoms with Crippen molar-refractivity contribution in [3.8, 4) is 0 Å². The minimum atomic E-state index is 0.266. The lowest BCUT2D eigenvalue weighted by atomic mass is 10.4. The van der Waals surface area contributed by atoms with Crippen LogP contribution in [0.25, 0.3) is 0 Å². The molecule has 0 atom stereocenters. The molecule has 17 heavy (non-hydrogen) atoms. The molecule has 2 N–H and O–H groups in total. The lowest BCUT2D eigenvalue weighted by Crippen LogP contribution is -2.25. The Labute approximate surface area is 112 Å². The van der Waals surface area contributed by atoms with Gasteiger partial charge in [-0.3, -0.25) is 0 Å². The fraction of sp³-hybridized carbons (Fsp3) is 0.636. The molecule has 0 aliphatic rings. The summed E-state index contributed by atoms with van der Waals surface area (Å²) in [5.41, 5.74) is 7.30. The van der Waals surface area contributed by atoms with Gasteiger partial charge in [0.25, 0.3) is 0 Å². The molecule has 0 aromatic carbocycles. The van der Waals surface area contributed by atoms with Crippen molar-refractivity contribution in [3.63, 3.8) is 0 Å². The SMILES string of the molecule is CCN(CC)CCSc1nc(Cl)nc(C)c1N. The Hall–Kier alpha value is -0.520. The molecule has 0 fully saturated rings. The Morgan fingerprint density at radius 3 is 2.53 bits per heavy atom. The van der Waals surface area contributed by atoms with E-state index in [1.54, 1.807) is 11.8 Å². The molecule has 4 nitrogen and oxygen atoms in total. The first-order chi connectivity index (χ1) is 8.08. The van der Waals surface area contributed by atoms with Gasteiger partial charge < -0.3 is 10.6 Å². The van der Waals surface area contributed by atoms with Crippen LogP contribution in [0.5, 0.6) is 0 Å². The second-order valence-corrected chi connectivity index (χ2v) is 5.09. The number of rotatable bonds is 6. The summed E-state index contributed by atoms with van der Waals surface area (Å²) in [5, 5.41) is 1.05. The van der Waals surface area contributed by atoms with E-state index < -0.39 is 0 Å². The van der Waals surface area contributed by atoms with Crippen LogP contribution in [-0.4, -0.2) is 40.3 Å². The molecular weight excluding hydrogens is 256 g/mol. The third kappa shape index (κ3) is 4.33. The monoisotopic (exact) mass is 274 g/mol. The van der Waals surface area contributed by atoms with E-state index in [2.05, 4.69) is 28.7 Å². The predicted octanol–water partition coefficient (Wildman–Crippen LogP) is 2.45. The van der Waals surface area contributed by atoms with Crippen molar-refractivity contribution in [2.75, 3.05) is 31.1 Å². The number of thioether (sulfide) groups is 1. The number of aryl methyl sites for hydroxylation is 1. The van der Waals surface area contributed by atoms with Crippen molar-refractivity contribution in [1.29, 1.82) is 0 Å². The van der Waals surface area contributed by atoms with Crippen LogP contribution in [0.1, 0.15) is 19.5 Å². The number of hydrogen-bond donors (Lipinski definition) is 1. The van der Waals surface area contributed by atoms with Crippen LogP contribution in [0, 0.1) is 6.92 Å². The van der Waals surface area contributed by atoms with Gasteiger partial charge in [-0.15, -0.1) is 11.8 Å². The van der Waals surface area contributed by atoms with E-state index in [4.69, 9.17) is 17.3 Å². The lowest BCUT2D eigenvalue weighted by Gasteiger charge is -2.17. The molecule has 1 aromatic heterocycles. The zero-order valence-electron chi connectivity index (χ0n) is 10.5. The number of aromatic nitrogens is 2. The highest BCUT2D eigenvalue weighted by Crippen LogP contribution is 2.25. The average Bonchev–Trinajstić information content (AvgIpc) is 2.30. The van der Waals surface area contributed by atoms with E-state index in [9.17, 15) is 0 Å². The summed E-state index contributed by atoms with van der Waals surface area (Å²) >= 11 is 7.45. The fourth-order valence-electron chi connectivity index (χ4n) is 1.44. The zero-order chi connectivity index (χ0) is 12.8. The summed E-state index contributed by atoms with van der Waals surface area (Å²) in [7, 11) is 0. The summed E-state index contributed by atoms with van der Waals surface area (Å²) in [6.07, 6.45) is 0.